The van der Waals surface area contributed by atoms with Crippen molar-refractivity contribution in [3.63, 3.8) is 0 Å². The molecule has 0 aromatic carbocycles. The number of aryl methyl sites for hydroxylation is 1. The van der Waals surface area contributed by atoms with Crippen LogP contribution in [0.25, 0.3) is 0 Å². The summed E-state index contributed by atoms with van der Waals surface area (Å²) in [5.41, 5.74) is 0.825. The van der Waals surface area contributed by atoms with E-state index in [4.69, 9.17) is 11.6 Å². The summed E-state index contributed by atoms with van der Waals surface area (Å²) in [5, 5.41) is 3.32. The van der Waals surface area contributed by atoms with Crippen LogP contribution in [0, 0.1) is 12.8 Å². The van der Waals surface area contributed by atoms with Gasteiger partial charge in [-0.2, -0.15) is 4.31 Å². The van der Waals surface area contributed by atoms with Crippen LogP contribution in [0.4, 0.5) is 0 Å². The molecule has 0 bridgehead atoms. The Morgan fingerprint density at radius 3 is 2.52 bits per heavy atom. The summed E-state index contributed by atoms with van der Waals surface area (Å²) in [6.45, 7) is 8.24. The lowest BCUT2D eigenvalue weighted by molar-refractivity contribution is 0.261. The Bertz CT molecular complexity index is 558. The number of hydrogen-bond acceptors (Lipinski definition) is 4. The first kappa shape index (κ1) is 17.2. The Hall–Kier alpha value is -0.140. The fourth-order valence-corrected chi connectivity index (χ4v) is 6.13. The topological polar surface area (TPSA) is 49.4 Å². The second-order valence-electron chi connectivity index (χ2n) is 5.88. The first-order valence-electron chi connectivity index (χ1n) is 7.31. The maximum absolute atomic E-state index is 12.9. The molecular weight excluding hydrogens is 328 g/mol. The van der Waals surface area contributed by atoms with Crippen LogP contribution in [-0.2, 0) is 10.0 Å². The quantitative estimate of drug-likeness (QED) is 0.887. The molecule has 120 valence electrons. The van der Waals surface area contributed by atoms with Gasteiger partial charge < -0.3 is 5.32 Å². The van der Waals surface area contributed by atoms with Crippen LogP contribution in [0.5, 0.6) is 0 Å². The van der Waals surface area contributed by atoms with Crippen LogP contribution >= 0.6 is 22.9 Å². The van der Waals surface area contributed by atoms with Crippen molar-refractivity contribution in [2.75, 3.05) is 19.6 Å². The molecule has 0 atom stereocenters. The molecule has 2 rings (SSSR count). The maximum atomic E-state index is 12.9. The minimum atomic E-state index is -3.45. The normalized spacial score (nSPS) is 17.8. The average molecular weight is 351 g/mol. The zero-order valence-corrected chi connectivity index (χ0v) is 15.1. The average Bonchev–Trinajstić information content (AvgIpc) is 2.77. The number of halogens is 1. The van der Waals surface area contributed by atoms with Gasteiger partial charge in [-0.1, -0.05) is 11.6 Å². The molecular formula is C14H23ClN2O2S2. The van der Waals surface area contributed by atoms with E-state index >= 15 is 0 Å². The van der Waals surface area contributed by atoms with Gasteiger partial charge in [0.15, 0.2) is 0 Å². The lowest BCUT2D eigenvalue weighted by Gasteiger charge is -2.31. The summed E-state index contributed by atoms with van der Waals surface area (Å²) in [5.74, 6) is 0.431. The highest BCUT2D eigenvalue weighted by atomic mass is 35.5. The van der Waals surface area contributed by atoms with Crippen LogP contribution in [0.15, 0.2) is 10.3 Å². The summed E-state index contributed by atoms with van der Waals surface area (Å²) >= 11 is 7.19. The predicted molar refractivity (Wildman–Crippen MR) is 88.7 cm³/mol. The number of nitrogens with one attached hydrogen (secondary N) is 1. The van der Waals surface area contributed by atoms with Crippen molar-refractivity contribution in [2.45, 2.75) is 43.9 Å². The number of nitrogens with zero attached hydrogens (tertiary/aromatic N) is 1. The number of rotatable bonds is 5. The van der Waals surface area contributed by atoms with Gasteiger partial charge in [0.1, 0.15) is 4.21 Å². The van der Waals surface area contributed by atoms with Crippen LogP contribution in [0.2, 0.25) is 4.34 Å². The molecule has 1 aliphatic rings. The maximum Gasteiger partial charge on any atom is 0.252 e. The fourth-order valence-electron chi connectivity index (χ4n) is 2.58. The molecule has 0 spiro atoms. The molecule has 1 aromatic heterocycles. The third-order valence-corrected chi connectivity index (χ3v) is 7.92. The van der Waals surface area contributed by atoms with Gasteiger partial charge in [0.05, 0.1) is 4.34 Å². The Morgan fingerprint density at radius 1 is 1.43 bits per heavy atom. The van der Waals surface area contributed by atoms with Gasteiger partial charge >= 0.3 is 0 Å². The molecule has 21 heavy (non-hydrogen) atoms. The van der Waals surface area contributed by atoms with E-state index in [2.05, 4.69) is 5.32 Å². The Kier molecular flexibility index (Phi) is 5.71. The van der Waals surface area contributed by atoms with Crippen LogP contribution in [-0.4, -0.2) is 38.4 Å². The molecule has 1 N–H and O–H groups in total. The van der Waals surface area contributed by atoms with Gasteiger partial charge in [-0.3, -0.25) is 0 Å². The minimum absolute atomic E-state index is 0.0499. The van der Waals surface area contributed by atoms with E-state index in [1.807, 2.05) is 20.8 Å². The summed E-state index contributed by atoms with van der Waals surface area (Å²) in [7, 11) is -3.45. The Balaban J connectivity index is 2.23. The van der Waals surface area contributed by atoms with Crippen molar-refractivity contribution >= 4 is 33.0 Å². The monoisotopic (exact) mass is 350 g/mol. The van der Waals surface area contributed by atoms with Gasteiger partial charge in [0.25, 0.3) is 10.0 Å². The van der Waals surface area contributed by atoms with Crippen LogP contribution in [0.1, 0.15) is 32.3 Å². The van der Waals surface area contributed by atoms with E-state index in [0.29, 0.717) is 21.0 Å². The van der Waals surface area contributed by atoms with Gasteiger partial charge in [-0.15, -0.1) is 11.3 Å². The second-order valence-corrected chi connectivity index (χ2v) is 9.66. The second kappa shape index (κ2) is 6.96. The van der Waals surface area contributed by atoms with E-state index in [1.165, 1.54) is 0 Å². The lowest BCUT2D eigenvalue weighted by Crippen LogP contribution is -2.42. The smallest absolute Gasteiger partial charge is 0.252 e. The molecule has 7 heteroatoms. The summed E-state index contributed by atoms with van der Waals surface area (Å²) < 4.78 is 28.3. The van der Waals surface area contributed by atoms with Crippen molar-refractivity contribution in [2.24, 2.45) is 5.92 Å². The third-order valence-electron chi connectivity index (χ3n) is 3.87. The van der Waals surface area contributed by atoms with E-state index in [1.54, 1.807) is 10.4 Å². The van der Waals surface area contributed by atoms with Crippen molar-refractivity contribution in [3.8, 4) is 0 Å². The molecule has 0 amide bonds. The van der Waals surface area contributed by atoms with Crippen LogP contribution < -0.4 is 5.32 Å². The SMILES string of the molecule is Cc1cc(S(=O)(=O)N(CC2CCNCC2)C(C)C)sc1Cl. The van der Waals surface area contributed by atoms with Gasteiger partial charge in [0.2, 0.25) is 0 Å². The number of piperidine rings is 1. The zero-order chi connectivity index (χ0) is 15.6. The molecule has 1 saturated heterocycles. The summed E-state index contributed by atoms with van der Waals surface area (Å²) in [6, 6.07) is 1.63. The first-order valence-corrected chi connectivity index (χ1v) is 9.94. The Labute approximate surface area is 136 Å². The summed E-state index contributed by atoms with van der Waals surface area (Å²) in [4.78, 5) is 0. The molecule has 1 aromatic rings. The molecule has 1 aliphatic heterocycles. The predicted octanol–water partition coefficient (Wildman–Crippen LogP) is 3.11. The highest BCUT2D eigenvalue weighted by molar-refractivity contribution is 7.91. The third kappa shape index (κ3) is 3.99. The van der Waals surface area contributed by atoms with E-state index in [9.17, 15) is 8.42 Å². The highest BCUT2D eigenvalue weighted by Gasteiger charge is 2.31. The van der Waals surface area contributed by atoms with Gasteiger partial charge in [-0.05, 0) is 64.3 Å². The largest absolute Gasteiger partial charge is 0.317 e. The number of thiophene rings is 1. The standard InChI is InChI=1S/C14H23ClN2O2S2/c1-10(2)17(9-12-4-6-16-7-5-12)21(18,19)13-8-11(3)14(15)20-13/h8,10,12,16H,4-7,9H2,1-3H3. The van der Waals surface area contributed by atoms with Crippen molar-refractivity contribution in [1.82, 2.24) is 9.62 Å². The number of sulfonamides is 1. The molecule has 0 unspecified atom stereocenters. The van der Waals surface area contributed by atoms with Crippen LogP contribution in [0.3, 0.4) is 0 Å². The van der Waals surface area contributed by atoms with Crippen molar-refractivity contribution in [1.29, 1.82) is 0 Å². The van der Waals surface area contributed by atoms with E-state index in [-0.39, 0.29) is 6.04 Å². The molecule has 0 aliphatic carbocycles. The molecule has 2 heterocycles. The number of hydrogen-bond donors (Lipinski definition) is 1. The first-order chi connectivity index (χ1) is 9.82. The van der Waals surface area contributed by atoms with Crippen molar-refractivity contribution in [3.05, 3.63) is 16.0 Å². The van der Waals surface area contributed by atoms with Gasteiger partial charge in [0, 0.05) is 12.6 Å². The molecule has 4 nitrogen and oxygen atoms in total. The van der Waals surface area contributed by atoms with E-state index in [0.717, 1.165) is 42.8 Å². The molecule has 0 saturated carbocycles. The lowest BCUT2D eigenvalue weighted by atomic mass is 9.98. The highest BCUT2D eigenvalue weighted by Crippen LogP contribution is 2.33. The summed E-state index contributed by atoms with van der Waals surface area (Å²) in [6.07, 6.45) is 2.06. The zero-order valence-electron chi connectivity index (χ0n) is 12.7. The molecule has 0 radical (unpaired) electrons. The molecule has 1 fully saturated rings. The van der Waals surface area contributed by atoms with Crippen molar-refractivity contribution < 1.29 is 8.42 Å². The van der Waals surface area contributed by atoms with Gasteiger partial charge in [-0.25, -0.2) is 8.42 Å². The minimum Gasteiger partial charge on any atom is -0.317 e. The fraction of sp³-hybridized carbons (Fsp3) is 0.714. The van der Waals surface area contributed by atoms with E-state index < -0.39 is 10.0 Å². The Morgan fingerprint density at radius 2 is 2.05 bits per heavy atom.